The Morgan fingerprint density at radius 1 is 1.47 bits per heavy atom. The molecule has 0 amide bonds. The van der Waals surface area contributed by atoms with Crippen molar-refractivity contribution in [1.82, 2.24) is 9.97 Å². The number of ether oxygens (including phenoxy) is 1. The van der Waals surface area contributed by atoms with Gasteiger partial charge in [-0.1, -0.05) is 11.6 Å². The molecular formula is C11H15ClN4O. The molecule has 0 saturated carbocycles. The molecular weight excluding hydrogens is 240 g/mol. The van der Waals surface area contributed by atoms with Gasteiger partial charge >= 0.3 is 0 Å². The lowest BCUT2D eigenvalue weighted by Crippen LogP contribution is -2.29. The molecule has 0 spiro atoms. The minimum absolute atomic E-state index is 0.435. The van der Waals surface area contributed by atoms with Crippen LogP contribution in [0.15, 0.2) is 6.33 Å². The van der Waals surface area contributed by atoms with Gasteiger partial charge in [0.05, 0.1) is 19.1 Å². The lowest BCUT2D eigenvalue weighted by Gasteiger charge is -2.23. The van der Waals surface area contributed by atoms with E-state index in [0.717, 1.165) is 11.4 Å². The molecule has 1 heterocycles. The first-order valence-electron chi connectivity index (χ1n) is 5.28. The number of nitriles is 1. The third-order valence-electron chi connectivity index (χ3n) is 2.35. The summed E-state index contributed by atoms with van der Waals surface area (Å²) >= 11 is 5.95. The van der Waals surface area contributed by atoms with E-state index >= 15 is 0 Å². The number of halogens is 1. The van der Waals surface area contributed by atoms with Crippen molar-refractivity contribution in [2.24, 2.45) is 0 Å². The summed E-state index contributed by atoms with van der Waals surface area (Å²) in [6.07, 6.45) is 1.86. The molecule has 92 valence electrons. The standard InChI is InChI=1S/C11H15ClN4O/c1-9-10(12)14-8-15-11(9)16(5-3-4-13)6-7-17-2/h8H,3,5-7H2,1-2H3. The highest BCUT2D eigenvalue weighted by atomic mass is 35.5. The first-order chi connectivity index (χ1) is 8.20. The number of hydrogen-bond acceptors (Lipinski definition) is 5. The summed E-state index contributed by atoms with van der Waals surface area (Å²) in [6, 6.07) is 2.12. The molecule has 0 aliphatic carbocycles. The van der Waals surface area contributed by atoms with Crippen LogP contribution in [0.1, 0.15) is 12.0 Å². The zero-order valence-electron chi connectivity index (χ0n) is 9.98. The maximum absolute atomic E-state index is 8.64. The van der Waals surface area contributed by atoms with E-state index < -0.39 is 0 Å². The quantitative estimate of drug-likeness (QED) is 0.725. The molecule has 6 heteroatoms. The first kappa shape index (κ1) is 13.7. The number of aromatic nitrogens is 2. The maximum atomic E-state index is 8.64. The van der Waals surface area contributed by atoms with Crippen LogP contribution < -0.4 is 4.90 Å². The van der Waals surface area contributed by atoms with Crippen molar-refractivity contribution >= 4 is 17.4 Å². The Morgan fingerprint density at radius 2 is 2.24 bits per heavy atom. The summed E-state index contributed by atoms with van der Waals surface area (Å²) in [4.78, 5) is 10.1. The van der Waals surface area contributed by atoms with Gasteiger partial charge in [-0.15, -0.1) is 0 Å². The number of nitrogens with zero attached hydrogens (tertiary/aromatic N) is 4. The molecule has 0 atom stereocenters. The Bertz CT molecular complexity index is 405. The molecule has 0 unspecified atom stereocenters. The molecule has 5 nitrogen and oxygen atoms in total. The molecule has 1 aromatic heterocycles. The highest BCUT2D eigenvalue weighted by Gasteiger charge is 2.12. The van der Waals surface area contributed by atoms with Crippen LogP contribution in [0.3, 0.4) is 0 Å². The minimum Gasteiger partial charge on any atom is -0.383 e. The molecule has 0 aliphatic rings. The largest absolute Gasteiger partial charge is 0.383 e. The molecule has 0 N–H and O–H groups in total. The lowest BCUT2D eigenvalue weighted by molar-refractivity contribution is 0.205. The Morgan fingerprint density at radius 3 is 2.88 bits per heavy atom. The third-order valence-corrected chi connectivity index (χ3v) is 2.74. The van der Waals surface area contributed by atoms with Crippen molar-refractivity contribution < 1.29 is 4.74 Å². The average molecular weight is 255 g/mol. The molecule has 0 aliphatic heterocycles. The van der Waals surface area contributed by atoms with Crippen LogP contribution in [0.25, 0.3) is 0 Å². The second-order valence-electron chi connectivity index (χ2n) is 3.50. The van der Waals surface area contributed by atoms with E-state index in [9.17, 15) is 0 Å². The topological polar surface area (TPSA) is 62.0 Å². The fraction of sp³-hybridized carbons (Fsp3) is 0.545. The smallest absolute Gasteiger partial charge is 0.137 e. The molecule has 0 radical (unpaired) electrons. The van der Waals surface area contributed by atoms with Crippen LogP contribution in [0.5, 0.6) is 0 Å². The summed E-state index contributed by atoms with van der Waals surface area (Å²) in [5.41, 5.74) is 0.822. The summed E-state index contributed by atoms with van der Waals surface area (Å²) < 4.78 is 5.04. The maximum Gasteiger partial charge on any atom is 0.137 e. The molecule has 1 aromatic rings. The number of hydrogen-bond donors (Lipinski definition) is 0. The van der Waals surface area contributed by atoms with Gasteiger partial charge < -0.3 is 9.64 Å². The second-order valence-corrected chi connectivity index (χ2v) is 3.86. The molecule has 1 rings (SSSR count). The summed E-state index contributed by atoms with van der Waals surface area (Å²) in [5.74, 6) is 0.761. The monoisotopic (exact) mass is 254 g/mol. The van der Waals surface area contributed by atoms with Crippen LogP contribution in [-0.2, 0) is 4.74 Å². The van der Waals surface area contributed by atoms with Gasteiger partial charge in [-0.2, -0.15) is 5.26 Å². The fourth-order valence-corrected chi connectivity index (χ4v) is 1.58. The Balaban J connectivity index is 2.87. The predicted octanol–water partition coefficient (Wildman–Crippen LogP) is 1.80. The summed E-state index contributed by atoms with van der Waals surface area (Å²) in [5, 5.41) is 9.08. The van der Waals surface area contributed by atoms with Crippen molar-refractivity contribution in [2.75, 3.05) is 31.7 Å². The van der Waals surface area contributed by atoms with Gasteiger partial charge in [0.2, 0.25) is 0 Å². The van der Waals surface area contributed by atoms with Crippen LogP contribution in [0.4, 0.5) is 5.82 Å². The number of anilines is 1. The predicted molar refractivity (Wildman–Crippen MR) is 66.1 cm³/mol. The number of rotatable bonds is 6. The van der Waals surface area contributed by atoms with Crippen molar-refractivity contribution in [3.8, 4) is 6.07 Å². The molecule has 17 heavy (non-hydrogen) atoms. The zero-order chi connectivity index (χ0) is 12.7. The Labute approximate surface area is 106 Å². The van der Waals surface area contributed by atoms with Crippen LogP contribution >= 0.6 is 11.6 Å². The van der Waals surface area contributed by atoms with Crippen LogP contribution in [0, 0.1) is 18.3 Å². The highest BCUT2D eigenvalue weighted by Crippen LogP contribution is 2.21. The normalized spacial score (nSPS) is 10.0. The van der Waals surface area contributed by atoms with E-state index in [0.29, 0.717) is 31.3 Å². The second kappa shape index (κ2) is 7.05. The minimum atomic E-state index is 0.435. The SMILES string of the molecule is COCCN(CCC#N)c1ncnc(Cl)c1C. The van der Waals surface area contributed by atoms with Gasteiger partial charge in [0.1, 0.15) is 17.3 Å². The highest BCUT2D eigenvalue weighted by molar-refractivity contribution is 6.30. The van der Waals surface area contributed by atoms with Crippen molar-refractivity contribution in [2.45, 2.75) is 13.3 Å². The van der Waals surface area contributed by atoms with Crippen LogP contribution in [0.2, 0.25) is 5.15 Å². The van der Waals surface area contributed by atoms with E-state index in [-0.39, 0.29) is 0 Å². The van der Waals surface area contributed by atoms with Gasteiger partial charge in [-0.25, -0.2) is 9.97 Å². The van der Waals surface area contributed by atoms with Gasteiger partial charge in [0.25, 0.3) is 0 Å². The van der Waals surface area contributed by atoms with Crippen molar-refractivity contribution in [3.05, 3.63) is 17.0 Å². The number of methoxy groups -OCH3 is 1. The first-order valence-corrected chi connectivity index (χ1v) is 5.66. The molecule has 0 aromatic carbocycles. The van der Waals surface area contributed by atoms with Crippen LogP contribution in [-0.4, -0.2) is 36.8 Å². The van der Waals surface area contributed by atoms with E-state index in [4.69, 9.17) is 21.6 Å². The molecule has 0 saturated heterocycles. The van der Waals surface area contributed by atoms with Gasteiger partial charge in [0, 0.05) is 25.8 Å². The fourth-order valence-electron chi connectivity index (χ4n) is 1.45. The van der Waals surface area contributed by atoms with Gasteiger partial charge in [-0.05, 0) is 6.92 Å². The molecule has 0 bridgehead atoms. The lowest BCUT2D eigenvalue weighted by atomic mass is 10.3. The average Bonchev–Trinajstić information content (AvgIpc) is 2.34. The summed E-state index contributed by atoms with van der Waals surface area (Å²) in [6.45, 7) is 3.72. The van der Waals surface area contributed by atoms with Gasteiger partial charge in [0.15, 0.2) is 0 Å². The van der Waals surface area contributed by atoms with Crippen molar-refractivity contribution in [1.29, 1.82) is 5.26 Å². The Hall–Kier alpha value is -1.38. The summed E-state index contributed by atoms with van der Waals surface area (Å²) in [7, 11) is 1.64. The van der Waals surface area contributed by atoms with E-state index in [2.05, 4.69) is 16.0 Å². The Kier molecular flexibility index (Phi) is 5.67. The zero-order valence-corrected chi connectivity index (χ0v) is 10.7. The van der Waals surface area contributed by atoms with E-state index in [1.54, 1.807) is 7.11 Å². The van der Waals surface area contributed by atoms with Crippen molar-refractivity contribution in [3.63, 3.8) is 0 Å². The van der Waals surface area contributed by atoms with Gasteiger partial charge in [-0.3, -0.25) is 0 Å². The van der Waals surface area contributed by atoms with E-state index in [1.807, 2.05) is 11.8 Å². The third kappa shape index (κ3) is 3.84. The molecule has 0 fully saturated rings. The van der Waals surface area contributed by atoms with E-state index in [1.165, 1.54) is 6.33 Å².